The lowest BCUT2D eigenvalue weighted by Gasteiger charge is -2.03. The standard InChI is InChI=1S/C19H14ClN3S/c1-13-21-11-17(20)19(22-13)16-12-23(18-10-6-5-9-15(16)18)24-14-7-3-2-4-8-14/h2-12H,1H3. The van der Waals surface area contributed by atoms with Gasteiger partial charge < -0.3 is 0 Å². The smallest absolute Gasteiger partial charge is 0.125 e. The van der Waals surface area contributed by atoms with Gasteiger partial charge in [0.1, 0.15) is 5.82 Å². The molecule has 0 aliphatic heterocycles. The molecule has 0 unspecified atom stereocenters. The lowest BCUT2D eigenvalue weighted by atomic mass is 10.1. The first-order valence-electron chi connectivity index (χ1n) is 7.55. The molecule has 2 aromatic heterocycles. The number of nitrogens with zero attached hydrogens (tertiary/aromatic N) is 3. The maximum Gasteiger partial charge on any atom is 0.125 e. The number of para-hydroxylation sites is 1. The summed E-state index contributed by atoms with van der Waals surface area (Å²) in [4.78, 5) is 9.89. The van der Waals surface area contributed by atoms with E-state index in [4.69, 9.17) is 11.6 Å². The third-order valence-electron chi connectivity index (χ3n) is 3.74. The number of aryl methyl sites for hydroxylation is 1. The van der Waals surface area contributed by atoms with E-state index >= 15 is 0 Å². The molecule has 0 saturated carbocycles. The predicted octanol–water partition coefficient (Wildman–Crippen LogP) is 5.62. The highest BCUT2D eigenvalue weighted by Gasteiger charge is 2.15. The average molecular weight is 352 g/mol. The van der Waals surface area contributed by atoms with Crippen molar-refractivity contribution in [3.8, 4) is 11.3 Å². The molecule has 2 aromatic carbocycles. The highest BCUT2D eigenvalue weighted by atomic mass is 35.5. The third-order valence-corrected chi connectivity index (χ3v) is 5.00. The zero-order chi connectivity index (χ0) is 16.5. The Kier molecular flexibility index (Phi) is 4.00. The number of halogens is 1. The molecule has 118 valence electrons. The van der Waals surface area contributed by atoms with Gasteiger partial charge in [0.15, 0.2) is 0 Å². The zero-order valence-electron chi connectivity index (χ0n) is 13.0. The van der Waals surface area contributed by atoms with Gasteiger partial charge >= 0.3 is 0 Å². The SMILES string of the molecule is Cc1ncc(Cl)c(-c2cn(Sc3ccccc3)c3ccccc23)n1. The molecule has 0 saturated heterocycles. The predicted molar refractivity (Wildman–Crippen MR) is 100 cm³/mol. The van der Waals surface area contributed by atoms with Crippen LogP contribution in [-0.4, -0.2) is 13.9 Å². The van der Waals surface area contributed by atoms with E-state index in [1.165, 1.54) is 4.90 Å². The minimum atomic E-state index is 0.563. The van der Waals surface area contributed by atoms with Gasteiger partial charge in [-0.1, -0.05) is 48.0 Å². The maximum atomic E-state index is 6.36. The van der Waals surface area contributed by atoms with E-state index in [-0.39, 0.29) is 0 Å². The molecule has 0 fully saturated rings. The lowest BCUT2D eigenvalue weighted by Crippen LogP contribution is -1.91. The van der Waals surface area contributed by atoms with Gasteiger partial charge in [-0.2, -0.15) is 0 Å². The van der Waals surface area contributed by atoms with Crippen molar-refractivity contribution in [3.63, 3.8) is 0 Å². The Morgan fingerprint density at radius 2 is 1.75 bits per heavy atom. The monoisotopic (exact) mass is 351 g/mol. The Bertz CT molecular complexity index is 1010. The molecular weight excluding hydrogens is 338 g/mol. The Morgan fingerprint density at radius 3 is 2.58 bits per heavy atom. The quantitative estimate of drug-likeness (QED) is 0.480. The lowest BCUT2D eigenvalue weighted by molar-refractivity contribution is 1.06. The number of rotatable bonds is 3. The second-order valence-corrected chi connectivity index (χ2v) is 6.86. The molecular formula is C19H14ClN3S. The second-order valence-electron chi connectivity index (χ2n) is 5.40. The van der Waals surface area contributed by atoms with Crippen LogP contribution >= 0.6 is 23.5 Å². The molecule has 0 atom stereocenters. The van der Waals surface area contributed by atoms with Crippen LogP contribution in [0.15, 0.2) is 71.9 Å². The molecule has 0 amide bonds. The van der Waals surface area contributed by atoms with E-state index in [0.29, 0.717) is 10.8 Å². The highest BCUT2D eigenvalue weighted by Crippen LogP contribution is 2.36. The van der Waals surface area contributed by atoms with E-state index in [2.05, 4.69) is 44.4 Å². The van der Waals surface area contributed by atoms with Gasteiger partial charge in [-0.25, -0.2) is 9.97 Å². The number of hydrogen-bond donors (Lipinski definition) is 0. The van der Waals surface area contributed by atoms with Crippen LogP contribution in [0.2, 0.25) is 5.02 Å². The summed E-state index contributed by atoms with van der Waals surface area (Å²) in [7, 11) is 0. The molecule has 0 N–H and O–H groups in total. The zero-order valence-corrected chi connectivity index (χ0v) is 14.6. The van der Waals surface area contributed by atoms with Crippen LogP contribution in [0, 0.1) is 6.92 Å². The van der Waals surface area contributed by atoms with Gasteiger partial charge in [0.2, 0.25) is 0 Å². The third kappa shape index (κ3) is 2.79. The summed E-state index contributed by atoms with van der Waals surface area (Å²) in [5.74, 6) is 0.710. The number of fused-ring (bicyclic) bond motifs is 1. The van der Waals surface area contributed by atoms with Crippen LogP contribution in [0.25, 0.3) is 22.2 Å². The van der Waals surface area contributed by atoms with Crippen molar-refractivity contribution in [3.05, 3.63) is 77.8 Å². The number of hydrogen-bond acceptors (Lipinski definition) is 3. The van der Waals surface area contributed by atoms with Crippen LogP contribution < -0.4 is 0 Å². The summed E-state index contributed by atoms with van der Waals surface area (Å²) >= 11 is 8.03. The number of benzene rings is 2. The van der Waals surface area contributed by atoms with Crippen molar-refractivity contribution in [2.75, 3.05) is 0 Å². The molecule has 0 aliphatic carbocycles. The van der Waals surface area contributed by atoms with Crippen molar-refractivity contribution in [2.45, 2.75) is 11.8 Å². The van der Waals surface area contributed by atoms with Crippen LogP contribution in [-0.2, 0) is 0 Å². The van der Waals surface area contributed by atoms with Crippen molar-refractivity contribution in [2.24, 2.45) is 0 Å². The minimum Gasteiger partial charge on any atom is -0.286 e. The number of aromatic nitrogens is 3. The summed E-state index contributed by atoms with van der Waals surface area (Å²) in [6.45, 7) is 1.87. The van der Waals surface area contributed by atoms with Crippen molar-refractivity contribution in [1.29, 1.82) is 0 Å². The first-order chi connectivity index (χ1) is 11.7. The molecule has 5 heteroatoms. The van der Waals surface area contributed by atoms with Crippen molar-refractivity contribution in [1.82, 2.24) is 13.9 Å². The van der Waals surface area contributed by atoms with Crippen molar-refractivity contribution < 1.29 is 0 Å². The molecule has 3 nitrogen and oxygen atoms in total. The van der Waals surface area contributed by atoms with Crippen LogP contribution in [0.1, 0.15) is 5.82 Å². The average Bonchev–Trinajstić information content (AvgIpc) is 2.97. The van der Waals surface area contributed by atoms with Gasteiger partial charge in [0, 0.05) is 28.2 Å². The Morgan fingerprint density at radius 1 is 1.00 bits per heavy atom. The van der Waals surface area contributed by atoms with E-state index in [9.17, 15) is 0 Å². The molecule has 0 spiro atoms. The topological polar surface area (TPSA) is 30.7 Å². The largest absolute Gasteiger partial charge is 0.286 e. The summed E-state index contributed by atoms with van der Waals surface area (Å²) in [6, 6.07) is 18.6. The maximum absolute atomic E-state index is 6.36. The van der Waals surface area contributed by atoms with E-state index in [1.54, 1.807) is 18.1 Å². The first kappa shape index (κ1) is 15.2. The molecule has 24 heavy (non-hydrogen) atoms. The van der Waals surface area contributed by atoms with E-state index < -0.39 is 0 Å². The summed E-state index contributed by atoms with van der Waals surface area (Å²) in [5, 5.41) is 1.69. The first-order valence-corrected chi connectivity index (χ1v) is 8.70. The Balaban J connectivity index is 1.90. The molecule has 0 radical (unpaired) electrons. The minimum absolute atomic E-state index is 0.563. The summed E-state index contributed by atoms with van der Waals surface area (Å²) < 4.78 is 2.16. The fourth-order valence-electron chi connectivity index (χ4n) is 2.65. The normalized spacial score (nSPS) is 11.1. The fourth-order valence-corrected chi connectivity index (χ4v) is 3.77. The molecule has 2 heterocycles. The van der Waals surface area contributed by atoms with Gasteiger partial charge in [0.05, 0.1) is 16.2 Å². The molecule has 4 rings (SSSR count). The molecule has 0 aliphatic rings. The van der Waals surface area contributed by atoms with Crippen molar-refractivity contribution >= 4 is 34.5 Å². The van der Waals surface area contributed by atoms with Gasteiger partial charge in [-0.15, -0.1) is 0 Å². The highest BCUT2D eigenvalue weighted by molar-refractivity contribution is 7.98. The van der Waals surface area contributed by atoms with Gasteiger partial charge in [-0.3, -0.25) is 3.97 Å². The van der Waals surface area contributed by atoms with Crippen LogP contribution in [0.5, 0.6) is 0 Å². The van der Waals surface area contributed by atoms with Gasteiger partial charge in [0.25, 0.3) is 0 Å². The molecule has 0 bridgehead atoms. The van der Waals surface area contributed by atoms with Gasteiger partial charge in [-0.05, 0) is 37.1 Å². The van der Waals surface area contributed by atoms with Crippen LogP contribution in [0.4, 0.5) is 0 Å². The summed E-state index contributed by atoms with van der Waals surface area (Å²) in [6.07, 6.45) is 3.76. The second kappa shape index (κ2) is 6.30. The summed E-state index contributed by atoms with van der Waals surface area (Å²) in [5.41, 5.74) is 2.92. The Hall–Kier alpha value is -2.30. The Labute approximate surface area is 149 Å². The molecule has 4 aromatic rings. The van der Waals surface area contributed by atoms with E-state index in [1.807, 2.05) is 37.3 Å². The van der Waals surface area contributed by atoms with Crippen LogP contribution in [0.3, 0.4) is 0 Å². The van der Waals surface area contributed by atoms with E-state index in [0.717, 1.165) is 22.2 Å². The fraction of sp³-hybridized carbons (Fsp3) is 0.0526.